The third kappa shape index (κ3) is 3.34. The van der Waals surface area contributed by atoms with Crippen LogP contribution in [0.25, 0.3) is 6.08 Å². The van der Waals surface area contributed by atoms with Crippen LogP contribution in [0.15, 0.2) is 64.7 Å². The normalized spacial score (nSPS) is 24.9. The van der Waals surface area contributed by atoms with E-state index in [4.69, 9.17) is 9.73 Å². The molecule has 2 aliphatic carbocycles. The number of methoxy groups -OCH3 is 1. The van der Waals surface area contributed by atoms with Crippen molar-refractivity contribution in [3.8, 4) is 11.5 Å². The molecule has 2 aromatic rings. The average Bonchev–Trinajstić information content (AvgIpc) is 2.76. The van der Waals surface area contributed by atoms with Crippen molar-refractivity contribution >= 4 is 28.9 Å². The number of phenols is 1. The topological polar surface area (TPSA) is 70.9 Å². The number of aliphatic imine (C=N–C) groups is 1. The van der Waals surface area contributed by atoms with E-state index in [9.17, 15) is 9.90 Å². The summed E-state index contributed by atoms with van der Waals surface area (Å²) in [5.74, 6) is 0.850. The Balaban J connectivity index is 1.68. The van der Waals surface area contributed by atoms with Crippen LogP contribution < -0.4 is 10.1 Å². The molecule has 0 amide bonds. The van der Waals surface area contributed by atoms with Gasteiger partial charge in [-0.2, -0.15) is 0 Å². The first-order valence-corrected chi connectivity index (χ1v) is 10.7. The molecule has 0 aromatic heterocycles. The minimum absolute atomic E-state index is 0.0303. The highest BCUT2D eigenvalue weighted by Gasteiger charge is 2.45. The number of para-hydroxylation sites is 1. The number of fused-ring (bicyclic) bond motifs is 4. The van der Waals surface area contributed by atoms with Crippen LogP contribution in [0, 0.1) is 11.3 Å². The third-order valence-corrected chi connectivity index (χ3v) is 6.49. The van der Waals surface area contributed by atoms with Crippen LogP contribution in [0.3, 0.4) is 0 Å². The molecule has 1 saturated carbocycles. The summed E-state index contributed by atoms with van der Waals surface area (Å²) in [5.41, 5.74) is 4.76. The van der Waals surface area contributed by atoms with Crippen molar-refractivity contribution in [3.63, 3.8) is 0 Å². The molecule has 2 atom stereocenters. The fourth-order valence-corrected chi connectivity index (χ4v) is 4.86. The number of carbonyl (C=O) groups excluding carboxylic acids is 1. The van der Waals surface area contributed by atoms with Crippen molar-refractivity contribution in [2.45, 2.75) is 32.7 Å². The lowest BCUT2D eigenvalue weighted by Gasteiger charge is -2.43. The Labute approximate surface area is 182 Å². The van der Waals surface area contributed by atoms with Gasteiger partial charge in [0.2, 0.25) is 0 Å². The van der Waals surface area contributed by atoms with Crippen molar-refractivity contribution in [2.75, 3.05) is 12.4 Å². The van der Waals surface area contributed by atoms with Gasteiger partial charge in [0.15, 0.2) is 5.78 Å². The zero-order valence-corrected chi connectivity index (χ0v) is 18.0. The van der Waals surface area contributed by atoms with Gasteiger partial charge in [0.05, 0.1) is 24.5 Å². The Morgan fingerprint density at radius 1 is 1.16 bits per heavy atom. The zero-order valence-electron chi connectivity index (χ0n) is 18.0. The van der Waals surface area contributed by atoms with Crippen LogP contribution in [0.4, 0.5) is 11.4 Å². The molecule has 0 bridgehead atoms. The standard InChI is InChI=1S/C26H26N2O3/c1-26(2)12-11-18-20(14-26)23-19(13-15-5-4-6-21(29)22(15)28-23)24(25(18)30)27-16-7-9-17(31-3)10-8-16/h4-10,13-14,18,23,28-29H,11-12H2,1-3H3. The quantitative estimate of drug-likeness (QED) is 0.517. The maximum absolute atomic E-state index is 13.6. The molecule has 2 N–H and O–H groups in total. The Morgan fingerprint density at radius 2 is 1.94 bits per heavy atom. The van der Waals surface area contributed by atoms with Crippen LogP contribution in [0.2, 0.25) is 0 Å². The lowest BCUT2D eigenvalue weighted by atomic mass is 9.65. The number of nitrogens with zero attached hydrogens (tertiary/aromatic N) is 1. The van der Waals surface area contributed by atoms with Crippen LogP contribution in [-0.2, 0) is 4.79 Å². The second-order valence-electron chi connectivity index (χ2n) is 9.17. The predicted octanol–water partition coefficient (Wildman–Crippen LogP) is 5.30. The second kappa shape index (κ2) is 7.12. The van der Waals surface area contributed by atoms with E-state index in [2.05, 4.69) is 25.2 Å². The number of hydrogen-bond donors (Lipinski definition) is 2. The first kappa shape index (κ1) is 19.6. The lowest BCUT2D eigenvalue weighted by Crippen LogP contribution is -2.47. The summed E-state index contributed by atoms with van der Waals surface area (Å²) >= 11 is 0. The molecular formula is C26H26N2O3. The summed E-state index contributed by atoms with van der Waals surface area (Å²) in [6, 6.07) is 12.7. The molecule has 5 nitrogen and oxygen atoms in total. The molecule has 31 heavy (non-hydrogen) atoms. The maximum atomic E-state index is 13.6. The van der Waals surface area contributed by atoms with Gasteiger partial charge in [-0.15, -0.1) is 0 Å². The molecule has 0 radical (unpaired) electrons. The van der Waals surface area contributed by atoms with Crippen molar-refractivity contribution < 1.29 is 14.6 Å². The smallest absolute Gasteiger partial charge is 0.188 e. The minimum atomic E-state index is -0.188. The fourth-order valence-electron chi connectivity index (χ4n) is 4.86. The molecule has 5 rings (SSSR count). The molecule has 0 saturated heterocycles. The van der Waals surface area contributed by atoms with Gasteiger partial charge >= 0.3 is 0 Å². The van der Waals surface area contributed by atoms with Gasteiger partial charge in [-0.1, -0.05) is 32.1 Å². The zero-order chi connectivity index (χ0) is 21.8. The van der Waals surface area contributed by atoms with Crippen LogP contribution in [0.1, 0.15) is 32.3 Å². The number of anilines is 1. The number of carbonyl (C=O) groups is 1. The second-order valence-corrected chi connectivity index (χ2v) is 9.17. The Morgan fingerprint density at radius 3 is 2.68 bits per heavy atom. The Kier molecular flexibility index (Phi) is 4.50. The number of allylic oxidation sites excluding steroid dienone is 1. The Bertz CT molecular complexity index is 1160. The van der Waals surface area contributed by atoms with Crippen molar-refractivity contribution in [3.05, 3.63) is 65.3 Å². The van der Waals surface area contributed by atoms with Gasteiger partial charge in [0, 0.05) is 17.1 Å². The largest absolute Gasteiger partial charge is 0.506 e. The average molecular weight is 415 g/mol. The number of ketones is 1. The summed E-state index contributed by atoms with van der Waals surface area (Å²) in [7, 11) is 1.62. The molecule has 158 valence electrons. The monoisotopic (exact) mass is 414 g/mol. The highest BCUT2D eigenvalue weighted by Crippen LogP contribution is 2.47. The Hall–Kier alpha value is -3.34. The summed E-state index contributed by atoms with van der Waals surface area (Å²) < 4.78 is 5.24. The molecule has 1 heterocycles. The van der Waals surface area contributed by atoms with Crippen molar-refractivity contribution in [2.24, 2.45) is 16.3 Å². The number of aromatic hydroxyl groups is 1. The summed E-state index contributed by atoms with van der Waals surface area (Å²) in [6.07, 6.45) is 6.00. The minimum Gasteiger partial charge on any atom is -0.506 e. The molecule has 1 aliphatic heterocycles. The van der Waals surface area contributed by atoms with Crippen molar-refractivity contribution in [1.82, 2.24) is 0 Å². The first-order chi connectivity index (χ1) is 14.9. The fraction of sp³-hybridized carbons (Fsp3) is 0.308. The number of benzene rings is 2. The number of ether oxygens (including phenoxy) is 1. The van der Waals surface area contributed by atoms with E-state index < -0.39 is 0 Å². The van der Waals surface area contributed by atoms with E-state index >= 15 is 0 Å². The predicted molar refractivity (Wildman–Crippen MR) is 123 cm³/mol. The van der Waals surface area contributed by atoms with Gasteiger partial charge in [-0.25, -0.2) is 4.99 Å². The van der Waals surface area contributed by atoms with Crippen molar-refractivity contribution in [1.29, 1.82) is 0 Å². The summed E-state index contributed by atoms with van der Waals surface area (Å²) in [5, 5.41) is 13.9. The number of hydrogen-bond acceptors (Lipinski definition) is 5. The molecule has 2 aromatic carbocycles. The van der Waals surface area contributed by atoms with E-state index in [1.54, 1.807) is 13.2 Å². The van der Waals surface area contributed by atoms with Gasteiger partial charge in [0.1, 0.15) is 17.2 Å². The van der Waals surface area contributed by atoms with Gasteiger partial charge in [-0.3, -0.25) is 4.79 Å². The van der Waals surface area contributed by atoms with Crippen LogP contribution >= 0.6 is 0 Å². The number of rotatable bonds is 2. The van der Waals surface area contributed by atoms with E-state index in [-0.39, 0.29) is 28.9 Å². The van der Waals surface area contributed by atoms with Gasteiger partial charge < -0.3 is 15.2 Å². The van der Waals surface area contributed by atoms with Crippen LogP contribution in [0.5, 0.6) is 11.5 Å². The van der Waals surface area contributed by atoms with E-state index in [1.165, 1.54) is 0 Å². The summed E-state index contributed by atoms with van der Waals surface area (Å²) in [6.45, 7) is 4.42. The number of nitrogens with one attached hydrogen (secondary N) is 1. The molecule has 3 aliphatic rings. The molecule has 5 heteroatoms. The molecular weight excluding hydrogens is 388 g/mol. The van der Waals surface area contributed by atoms with E-state index in [0.29, 0.717) is 17.1 Å². The van der Waals surface area contributed by atoms with Crippen LogP contribution in [-0.4, -0.2) is 29.8 Å². The highest BCUT2D eigenvalue weighted by atomic mass is 16.5. The van der Waals surface area contributed by atoms with E-state index in [1.807, 2.05) is 42.5 Å². The van der Waals surface area contributed by atoms with Gasteiger partial charge in [-0.05, 0) is 60.2 Å². The lowest BCUT2D eigenvalue weighted by molar-refractivity contribution is -0.116. The summed E-state index contributed by atoms with van der Waals surface area (Å²) in [4.78, 5) is 18.4. The number of Topliss-reactive ketones (excluding diaryl/α,β-unsaturated/α-hetero) is 1. The SMILES string of the molecule is COc1ccc(N=C2C(=O)C3CCC(C)(C)C=C3C3Nc4c(O)cccc4C=C23)cc1. The van der Waals surface area contributed by atoms with Gasteiger partial charge in [0.25, 0.3) is 0 Å². The number of phenolic OH excluding ortho intramolecular Hbond substituents is 1. The molecule has 2 unspecified atom stereocenters. The highest BCUT2D eigenvalue weighted by molar-refractivity contribution is 6.50. The molecule has 0 spiro atoms. The van der Waals surface area contributed by atoms with E-state index in [0.717, 1.165) is 35.3 Å². The molecule has 1 fully saturated rings. The first-order valence-electron chi connectivity index (χ1n) is 10.7. The maximum Gasteiger partial charge on any atom is 0.188 e. The third-order valence-electron chi connectivity index (χ3n) is 6.49.